The SMILES string of the molecule is CCn1ncc(C(=O)c2cc(C)c(S(C)(=O)=O)c(C)c2OC)c1OCC(=O)c1ccc(C)cc1. The lowest BCUT2D eigenvalue weighted by Gasteiger charge is -2.16. The van der Waals surface area contributed by atoms with Crippen molar-refractivity contribution < 1.29 is 27.5 Å². The number of sulfone groups is 1. The summed E-state index contributed by atoms with van der Waals surface area (Å²) in [5, 5.41) is 4.22. The first-order valence-electron chi connectivity index (χ1n) is 10.7. The molecule has 1 heterocycles. The summed E-state index contributed by atoms with van der Waals surface area (Å²) in [6.45, 7) is 7.16. The summed E-state index contributed by atoms with van der Waals surface area (Å²) in [6.07, 6.45) is 2.50. The zero-order valence-corrected chi connectivity index (χ0v) is 20.9. The van der Waals surface area contributed by atoms with Gasteiger partial charge in [0.1, 0.15) is 11.3 Å². The molecule has 0 aliphatic heterocycles. The van der Waals surface area contributed by atoms with Gasteiger partial charge in [-0.15, -0.1) is 0 Å². The number of carbonyl (C=O) groups excluding carboxylic acids is 2. The second kappa shape index (κ2) is 9.80. The molecule has 0 fully saturated rings. The molecular formula is C25H28N2O6S. The largest absolute Gasteiger partial charge is 0.496 e. The monoisotopic (exact) mass is 484 g/mol. The Hall–Kier alpha value is -3.46. The van der Waals surface area contributed by atoms with Crippen LogP contribution in [0, 0.1) is 20.8 Å². The fourth-order valence-corrected chi connectivity index (χ4v) is 5.25. The van der Waals surface area contributed by atoms with Crippen LogP contribution in [-0.4, -0.2) is 49.7 Å². The average Bonchev–Trinajstić information content (AvgIpc) is 3.19. The Bertz CT molecular complexity index is 1360. The summed E-state index contributed by atoms with van der Waals surface area (Å²) < 4.78 is 37.3. The fraction of sp³-hybridized carbons (Fsp3) is 0.320. The van der Waals surface area contributed by atoms with E-state index >= 15 is 0 Å². The smallest absolute Gasteiger partial charge is 0.223 e. The molecule has 0 radical (unpaired) electrons. The Labute approximate surface area is 199 Å². The van der Waals surface area contributed by atoms with Crippen LogP contribution in [0.1, 0.15) is 49.9 Å². The Morgan fingerprint density at radius 2 is 1.71 bits per heavy atom. The van der Waals surface area contributed by atoms with Crippen LogP contribution in [0.15, 0.2) is 41.4 Å². The van der Waals surface area contributed by atoms with Gasteiger partial charge in [0, 0.05) is 23.9 Å². The number of aromatic nitrogens is 2. The summed E-state index contributed by atoms with van der Waals surface area (Å²) >= 11 is 0. The fourth-order valence-electron chi connectivity index (χ4n) is 3.96. The van der Waals surface area contributed by atoms with Crippen molar-refractivity contribution in [3.8, 4) is 11.6 Å². The van der Waals surface area contributed by atoms with E-state index in [4.69, 9.17) is 9.47 Å². The number of benzene rings is 2. The summed E-state index contributed by atoms with van der Waals surface area (Å²) in [5.41, 5.74) is 2.68. The van der Waals surface area contributed by atoms with Gasteiger partial charge < -0.3 is 9.47 Å². The van der Waals surface area contributed by atoms with Crippen LogP contribution in [-0.2, 0) is 16.4 Å². The molecular weight excluding hydrogens is 456 g/mol. The van der Waals surface area contributed by atoms with Crippen LogP contribution >= 0.6 is 0 Å². The maximum Gasteiger partial charge on any atom is 0.223 e. The molecule has 0 aliphatic carbocycles. The standard InChI is InChI=1S/C25H28N2O6S/c1-7-27-25(33-14-21(28)18-10-8-15(2)9-11-18)20(13-26-27)22(29)19-12-16(3)24(34(6,30)31)17(4)23(19)32-5/h8-13H,7,14H2,1-6H3. The van der Waals surface area contributed by atoms with Crippen LogP contribution in [0.2, 0.25) is 0 Å². The normalized spacial score (nSPS) is 11.4. The lowest BCUT2D eigenvalue weighted by atomic mass is 9.99. The van der Waals surface area contributed by atoms with Crippen LogP contribution in [0.5, 0.6) is 11.6 Å². The van der Waals surface area contributed by atoms with Gasteiger partial charge in [-0.1, -0.05) is 29.8 Å². The topological polar surface area (TPSA) is 105 Å². The molecule has 0 spiro atoms. The molecule has 1 aromatic heterocycles. The minimum Gasteiger partial charge on any atom is -0.496 e. The third kappa shape index (κ3) is 4.89. The lowest BCUT2D eigenvalue weighted by Crippen LogP contribution is -2.16. The summed E-state index contributed by atoms with van der Waals surface area (Å²) in [4.78, 5) is 26.3. The highest BCUT2D eigenvalue weighted by Crippen LogP contribution is 2.35. The minimum absolute atomic E-state index is 0.130. The van der Waals surface area contributed by atoms with Gasteiger partial charge in [0.2, 0.25) is 11.7 Å². The highest BCUT2D eigenvalue weighted by molar-refractivity contribution is 7.90. The van der Waals surface area contributed by atoms with Gasteiger partial charge in [-0.3, -0.25) is 9.59 Å². The Morgan fingerprint density at radius 3 is 2.26 bits per heavy atom. The zero-order chi connectivity index (χ0) is 25.2. The zero-order valence-electron chi connectivity index (χ0n) is 20.1. The molecule has 0 atom stereocenters. The lowest BCUT2D eigenvalue weighted by molar-refractivity contribution is 0.0907. The number of Topliss-reactive ketones (excluding diaryl/α,β-unsaturated/α-hetero) is 1. The number of aryl methyl sites for hydroxylation is 3. The number of hydrogen-bond donors (Lipinski definition) is 0. The van der Waals surface area contributed by atoms with Crippen molar-refractivity contribution in [2.45, 2.75) is 39.1 Å². The predicted molar refractivity (Wildman–Crippen MR) is 128 cm³/mol. The van der Waals surface area contributed by atoms with Crippen LogP contribution in [0.4, 0.5) is 0 Å². The van der Waals surface area contributed by atoms with E-state index in [9.17, 15) is 18.0 Å². The van der Waals surface area contributed by atoms with E-state index in [0.29, 0.717) is 23.2 Å². The van der Waals surface area contributed by atoms with Gasteiger partial charge in [0.05, 0.1) is 23.8 Å². The third-order valence-electron chi connectivity index (χ3n) is 5.51. The predicted octanol–water partition coefficient (Wildman–Crippen LogP) is 3.73. The number of ketones is 2. The molecule has 34 heavy (non-hydrogen) atoms. The molecule has 0 N–H and O–H groups in total. The second-order valence-corrected chi connectivity index (χ2v) is 10.0. The van der Waals surface area contributed by atoms with Crippen molar-refractivity contribution in [2.75, 3.05) is 20.0 Å². The number of ether oxygens (including phenoxy) is 2. The molecule has 2 aromatic carbocycles. The van der Waals surface area contributed by atoms with Crippen molar-refractivity contribution in [1.29, 1.82) is 0 Å². The first-order valence-corrected chi connectivity index (χ1v) is 12.6. The van der Waals surface area contributed by atoms with E-state index in [2.05, 4.69) is 5.10 Å². The van der Waals surface area contributed by atoms with Crippen molar-refractivity contribution in [2.24, 2.45) is 0 Å². The number of methoxy groups -OCH3 is 1. The number of rotatable bonds is 9. The Kier molecular flexibility index (Phi) is 7.26. The molecule has 3 aromatic rings. The number of hydrogen-bond acceptors (Lipinski definition) is 7. The van der Waals surface area contributed by atoms with Crippen LogP contribution < -0.4 is 9.47 Å². The molecule has 0 bridgehead atoms. The third-order valence-corrected chi connectivity index (χ3v) is 6.88. The van der Waals surface area contributed by atoms with E-state index in [1.165, 1.54) is 24.1 Å². The molecule has 0 aliphatic rings. The van der Waals surface area contributed by atoms with Gasteiger partial charge >= 0.3 is 0 Å². The minimum atomic E-state index is -3.53. The molecule has 8 nitrogen and oxygen atoms in total. The number of nitrogens with zero attached hydrogens (tertiary/aromatic N) is 2. The second-order valence-electron chi connectivity index (χ2n) is 8.09. The Balaban J connectivity index is 2.00. The van der Waals surface area contributed by atoms with Gasteiger partial charge in [-0.25, -0.2) is 13.1 Å². The van der Waals surface area contributed by atoms with Crippen molar-refractivity contribution in [3.05, 3.63) is 69.9 Å². The van der Waals surface area contributed by atoms with Gasteiger partial charge in [0.15, 0.2) is 22.2 Å². The van der Waals surface area contributed by atoms with Crippen molar-refractivity contribution >= 4 is 21.4 Å². The van der Waals surface area contributed by atoms with Gasteiger partial charge in [-0.05, 0) is 39.3 Å². The maximum atomic E-state index is 13.5. The van der Waals surface area contributed by atoms with Gasteiger partial charge in [-0.2, -0.15) is 5.10 Å². The van der Waals surface area contributed by atoms with Gasteiger partial charge in [0.25, 0.3) is 0 Å². The molecule has 9 heteroatoms. The molecule has 0 amide bonds. The summed E-state index contributed by atoms with van der Waals surface area (Å²) in [7, 11) is -2.15. The van der Waals surface area contributed by atoms with Crippen LogP contribution in [0.25, 0.3) is 0 Å². The Morgan fingerprint density at radius 1 is 1.06 bits per heavy atom. The maximum absolute atomic E-state index is 13.5. The van der Waals surface area contributed by atoms with E-state index in [1.54, 1.807) is 26.0 Å². The molecule has 0 unspecified atom stereocenters. The molecule has 3 rings (SSSR count). The molecule has 180 valence electrons. The highest BCUT2D eigenvalue weighted by Gasteiger charge is 2.28. The highest BCUT2D eigenvalue weighted by atomic mass is 32.2. The van der Waals surface area contributed by atoms with Crippen molar-refractivity contribution in [1.82, 2.24) is 9.78 Å². The van der Waals surface area contributed by atoms with Crippen LogP contribution in [0.3, 0.4) is 0 Å². The first-order chi connectivity index (χ1) is 16.0. The van der Waals surface area contributed by atoms with E-state index < -0.39 is 15.6 Å². The number of carbonyl (C=O) groups is 2. The average molecular weight is 485 g/mol. The van der Waals surface area contributed by atoms with E-state index in [0.717, 1.165) is 11.8 Å². The molecule has 0 saturated heterocycles. The van der Waals surface area contributed by atoms with E-state index in [1.807, 2.05) is 26.0 Å². The molecule has 0 saturated carbocycles. The van der Waals surface area contributed by atoms with Crippen molar-refractivity contribution in [3.63, 3.8) is 0 Å². The van der Waals surface area contributed by atoms with E-state index in [-0.39, 0.29) is 40.0 Å². The summed E-state index contributed by atoms with van der Waals surface area (Å²) in [5.74, 6) is -0.343. The summed E-state index contributed by atoms with van der Waals surface area (Å²) in [6, 6.07) is 8.63. The quantitative estimate of drug-likeness (QED) is 0.426. The first kappa shape index (κ1) is 25.2.